The van der Waals surface area contributed by atoms with Crippen LogP contribution in [-0.4, -0.2) is 67.3 Å². The maximum absolute atomic E-state index is 15.1. The summed E-state index contributed by atoms with van der Waals surface area (Å²) in [6.45, 7) is 2.38. The number of alkyl halides is 2. The maximum Gasteiger partial charge on any atom is 0.324 e. The van der Waals surface area contributed by atoms with Gasteiger partial charge in [-0.25, -0.2) is 9.18 Å². The van der Waals surface area contributed by atoms with Crippen molar-refractivity contribution < 1.29 is 27.6 Å². The van der Waals surface area contributed by atoms with E-state index in [-0.39, 0.29) is 23.7 Å². The summed E-state index contributed by atoms with van der Waals surface area (Å²) >= 11 is 0. The quantitative estimate of drug-likeness (QED) is 0.466. The van der Waals surface area contributed by atoms with Crippen LogP contribution in [0.25, 0.3) is 11.1 Å². The molecule has 4 rings (SSSR count). The Labute approximate surface area is 224 Å². The van der Waals surface area contributed by atoms with Gasteiger partial charge < -0.3 is 9.80 Å². The Kier molecular flexibility index (Phi) is 8.82. The molecule has 1 aliphatic heterocycles. The summed E-state index contributed by atoms with van der Waals surface area (Å²) in [4.78, 5) is 42.1. The molecule has 0 spiro atoms. The topological polar surface area (TPSA) is 85.0 Å². The number of amides is 4. The molecular weight excluding hydrogens is 511 g/mol. The molecule has 0 aromatic heterocycles. The maximum atomic E-state index is 15.1. The Bertz CT molecular complexity index is 1310. The number of halogens is 3. The molecule has 1 saturated heterocycles. The Morgan fingerprint density at radius 3 is 2.13 bits per heavy atom. The van der Waals surface area contributed by atoms with Gasteiger partial charge in [0.1, 0.15) is 5.82 Å². The predicted octanol–water partition coefficient (Wildman–Crippen LogP) is 3.89. The number of carbonyl (C=O) groups excluding carboxylic acids is 3. The molecule has 39 heavy (non-hydrogen) atoms. The van der Waals surface area contributed by atoms with E-state index in [2.05, 4.69) is 4.90 Å². The van der Waals surface area contributed by atoms with Crippen LogP contribution in [-0.2, 0) is 11.3 Å². The fourth-order valence-electron chi connectivity index (χ4n) is 4.13. The van der Waals surface area contributed by atoms with Crippen molar-refractivity contribution in [2.75, 3.05) is 38.1 Å². The standard InChI is InChI=1S/C28H28F3N5O3/c1-34-13-15-35(16-14-34)28(39)36(23-11-9-20(10-12-23)19-5-3-2-4-6-19)18-22-8-7-21(17-24(22)29)26(37)32-33-27(38)25(30)31/h2-12,17,25H,13-16,18H2,1H3,(H,32,37)(H,33,38). The number of benzene rings is 3. The highest BCUT2D eigenvalue weighted by atomic mass is 19.3. The van der Waals surface area contributed by atoms with E-state index in [1.807, 2.05) is 67.1 Å². The van der Waals surface area contributed by atoms with Gasteiger partial charge in [-0.3, -0.25) is 25.3 Å². The molecule has 0 bridgehead atoms. The summed E-state index contributed by atoms with van der Waals surface area (Å²) in [6, 6.07) is 20.5. The zero-order valence-corrected chi connectivity index (χ0v) is 21.2. The van der Waals surface area contributed by atoms with Crippen molar-refractivity contribution in [1.29, 1.82) is 0 Å². The smallest absolute Gasteiger partial charge is 0.322 e. The molecule has 2 N–H and O–H groups in total. The summed E-state index contributed by atoms with van der Waals surface area (Å²) in [5.74, 6) is -3.41. The van der Waals surface area contributed by atoms with E-state index in [1.165, 1.54) is 17.0 Å². The minimum absolute atomic E-state index is 0.105. The number of hydrogen-bond donors (Lipinski definition) is 2. The average molecular weight is 540 g/mol. The summed E-state index contributed by atoms with van der Waals surface area (Å²) in [7, 11) is 1.98. The summed E-state index contributed by atoms with van der Waals surface area (Å²) < 4.78 is 39.8. The van der Waals surface area contributed by atoms with Crippen LogP contribution in [0.1, 0.15) is 15.9 Å². The molecule has 3 aromatic rings. The highest BCUT2D eigenvalue weighted by Gasteiger charge is 2.26. The van der Waals surface area contributed by atoms with Gasteiger partial charge in [0.15, 0.2) is 0 Å². The predicted molar refractivity (Wildman–Crippen MR) is 141 cm³/mol. The second-order valence-corrected chi connectivity index (χ2v) is 9.12. The second kappa shape index (κ2) is 12.4. The number of nitrogens with zero attached hydrogens (tertiary/aromatic N) is 3. The number of rotatable bonds is 6. The van der Waals surface area contributed by atoms with Crippen LogP contribution in [0.5, 0.6) is 0 Å². The summed E-state index contributed by atoms with van der Waals surface area (Å²) in [5, 5.41) is 0. The molecule has 0 unspecified atom stereocenters. The highest BCUT2D eigenvalue weighted by Crippen LogP contribution is 2.26. The van der Waals surface area contributed by atoms with Crippen molar-refractivity contribution in [3.8, 4) is 11.1 Å². The normalized spacial score (nSPS) is 13.7. The van der Waals surface area contributed by atoms with E-state index in [4.69, 9.17) is 0 Å². The number of carbonyl (C=O) groups is 3. The first-order chi connectivity index (χ1) is 18.7. The SMILES string of the molecule is CN1CCN(C(=O)N(Cc2ccc(C(=O)NNC(=O)C(F)F)cc2F)c2ccc(-c3ccccc3)cc2)CC1. The third-order valence-corrected chi connectivity index (χ3v) is 6.43. The third-order valence-electron chi connectivity index (χ3n) is 6.43. The summed E-state index contributed by atoms with van der Waals surface area (Å²) in [5.41, 5.74) is 5.91. The number of hydrazine groups is 1. The molecule has 1 aliphatic rings. The minimum Gasteiger partial charge on any atom is -0.322 e. The van der Waals surface area contributed by atoms with Gasteiger partial charge in [0.2, 0.25) is 0 Å². The molecule has 4 amide bonds. The number of piperazine rings is 1. The molecule has 8 nitrogen and oxygen atoms in total. The minimum atomic E-state index is -3.31. The van der Waals surface area contributed by atoms with Gasteiger partial charge in [-0.05, 0) is 42.4 Å². The van der Waals surface area contributed by atoms with Crippen LogP contribution >= 0.6 is 0 Å². The van der Waals surface area contributed by atoms with E-state index in [1.54, 1.807) is 10.3 Å². The van der Waals surface area contributed by atoms with Gasteiger partial charge in [-0.1, -0.05) is 48.5 Å². The zero-order valence-electron chi connectivity index (χ0n) is 21.2. The number of urea groups is 1. The second-order valence-electron chi connectivity index (χ2n) is 9.12. The largest absolute Gasteiger partial charge is 0.324 e. The van der Waals surface area contributed by atoms with Crippen molar-refractivity contribution in [2.24, 2.45) is 0 Å². The number of nitrogens with one attached hydrogen (secondary N) is 2. The van der Waals surface area contributed by atoms with Crippen LogP contribution in [0.4, 0.5) is 23.7 Å². The Morgan fingerprint density at radius 1 is 0.872 bits per heavy atom. The first kappa shape index (κ1) is 27.6. The average Bonchev–Trinajstić information content (AvgIpc) is 2.95. The Hall–Kier alpha value is -4.38. The van der Waals surface area contributed by atoms with E-state index in [0.717, 1.165) is 17.2 Å². The van der Waals surface area contributed by atoms with Crippen LogP contribution in [0.2, 0.25) is 0 Å². The molecule has 1 fully saturated rings. The lowest BCUT2D eigenvalue weighted by Gasteiger charge is -2.36. The lowest BCUT2D eigenvalue weighted by Crippen LogP contribution is -2.52. The van der Waals surface area contributed by atoms with Crippen molar-refractivity contribution in [1.82, 2.24) is 20.7 Å². The molecule has 11 heteroatoms. The third kappa shape index (κ3) is 6.94. The molecule has 0 aliphatic carbocycles. The van der Waals surface area contributed by atoms with E-state index >= 15 is 4.39 Å². The van der Waals surface area contributed by atoms with Crippen LogP contribution in [0.15, 0.2) is 72.8 Å². The zero-order chi connectivity index (χ0) is 27.9. The summed E-state index contributed by atoms with van der Waals surface area (Å²) in [6.07, 6.45) is -3.31. The fourth-order valence-corrected chi connectivity index (χ4v) is 4.13. The van der Waals surface area contributed by atoms with Crippen molar-refractivity contribution in [2.45, 2.75) is 13.0 Å². The van der Waals surface area contributed by atoms with Crippen LogP contribution in [0, 0.1) is 5.82 Å². The number of anilines is 1. The van der Waals surface area contributed by atoms with Crippen molar-refractivity contribution in [3.05, 3.63) is 89.7 Å². The number of hydrogen-bond acceptors (Lipinski definition) is 4. The molecule has 3 aromatic carbocycles. The molecule has 204 valence electrons. The van der Waals surface area contributed by atoms with Gasteiger partial charge >= 0.3 is 18.4 Å². The van der Waals surface area contributed by atoms with Crippen LogP contribution < -0.4 is 15.8 Å². The molecule has 1 heterocycles. The Morgan fingerprint density at radius 2 is 1.51 bits per heavy atom. The first-order valence-corrected chi connectivity index (χ1v) is 12.3. The molecule has 0 atom stereocenters. The van der Waals surface area contributed by atoms with Crippen molar-refractivity contribution in [3.63, 3.8) is 0 Å². The number of likely N-dealkylation sites (N-methyl/N-ethyl adjacent to an activating group) is 1. The fraction of sp³-hybridized carbons (Fsp3) is 0.250. The Balaban J connectivity index is 1.56. The van der Waals surface area contributed by atoms with Gasteiger partial charge in [0.25, 0.3) is 5.91 Å². The van der Waals surface area contributed by atoms with E-state index in [9.17, 15) is 23.2 Å². The van der Waals surface area contributed by atoms with E-state index in [0.29, 0.717) is 31.9 Å². The molecular formula is C28H28F3N5O3. The van der Waals surface area contributed by atoms with Gasteiger partial charge in [-0.15, -0.1) is 0 Å². The van der Waals surface area contributed by atoms with Gasteiger partial charge in [0, 0.05) is 43.0 Å². The van der Waals surface area contributed by atoms with Gasteiger partial charge in [-0.2, -0.15) is 8.78 Å². The molecule has 0 radical (unpaired) electrons. The lowest BCUT2D eigenvalue weighted by atomic mass is 10.0. The lowest BCUT2D eigenvalue weighted by molar-refractivity contribution is -0.132. The highest BCUT2D eigenvalue weighted by molar-refractivity contribution is 5.96. The first-order valence-electron chi connectivity index (χ1n) is 12.3. The van der Waals surface area contributed by atoms with Crippen LogP contribution in [0.3, 0.4) is 0 Å². The van der Waals surface area contributed by atoms with E-state index < -0.39 is 24.1 Å². The monoisotopic (exact) mass is 539 g/mol. The van der Waals surface area contributed by atoms with Crippen molar-refractivity contribution >= 4 is 23.5 Å². The van der Waals surface area contributed by atoms with Gasteiger partial charge in [0.05, 0.1) is 6.54 Å². The molecule has 0 saturated carbocycles.